The van der Waals surface area contributed by atoms with Crippen molar-refractivity contribution in [3.8, 4) is 0 Å². The summed E-state index contributed by atoms with van der Waals surface area (Å²) in [5, 5.41) is 7.79. The molecule has 1 heterocycles. The molecule has 0 aliphatic heterocycles. The number of rotatable bonds is 5. The number of amides is 1. The number of aromatic nitrogens is 2. The predicted octanol–water partition coefficient (Wildman–Crippen LogP) is 3.60. The summed E-state index contributed by atoms with van der Waals surface area (Å²) in [6.07, 6.45) is 5.68. The van der Waals surface area contributed by atoms with Gasteiger partial charge in [-0.25, -0.2) is 0 Å². The van der Waals surface area contributed by atoms with Gasteiger partial charge in [-0.3, -0.25) is 4.79 Å². The highest BCUT2D eigenvalue weighted by Crippen LogP contribution is 2.55. The summed E-state index contributed by atoms with van der Waals surface area (Å²) >= 11 is 6.25. The van der Waals surface area contributed by atoms with E-state index in [-0.39, 0.29) is 18.2 Å². The third-order valence-electron chi connectivity index (χ3n) is 4.94. The SMILES string of the molecule is O=C(Cc1noc([C@H]2C[C@@H]2c2ccccc2Cl)n1)NC1CCCC1. The molecule has 24 heavy (non-hydrogen) atoms. The Kier molecular flexibility index (Phi) is 4.27. The Balaban J connectivity index is 1.36. The molecule has 0 unspecified atom stereocenters. The van der Waals surface area contributed by atoms with Crippen molar-refractivity contribution in [3.05, 3.63) is 46.6 Å². The van der Waals surface area contributed by atoms with Crippen LogP contribution in [-0.4, -0.2) is 22.1 Å². The monoisotopic (exact) mass is 345 g/mol. The van der Waals surface area contributed by atoms with E-state index >= 15 is 0 Å². The minimum atomic E-state index is -0.0206. The van der Waals surface area contributed by atoms with Crippen LogP contribution in [-0.2, 0) is 11.2 Å². The van der Waals surface area contributed by atoms with Gasteiger partial charge in [-0.05, 0) is 36.8 Å². The first-order chi connectivity index (χ1) is 11.7. The van der Waals surface area contributed by atoms with Gasteiger partial charge in [-0.2, -0.15) is 4.98 Å². The maximum atomic E-state index is 12.0. The third-order valence-corrected chi connectivity index (χ3v) is 5.28. The van der Waals surface area contributed by atoms with Crippen molar-refractivity contribution in [2.24, 2.45) is 0 Å². The molecule has 126 valence electrons. The van der Waals surface area contributed by atoms with E-state index in [1.807, 2.05) is 24.3 Å². The lowest BCUT2D eigenvalue weighted by Crippen LogP contribution is -2.33. The largest absolute Gasteiger partial charge is 0.353 e. The minimum Gasteiger partial charge on any atom is -0.353 e. The van der Waals surface area contributed by atoms with Gasteiger partial charge in [-0.1, -0.05) is 47.8 Å². The molecular formula is C18H20ClN3O2. The van der Waals surface area contributed by atoms with Gasteiger partial charge in [-0.15, -0.1) is 0 Å². The summed E-state index contributed by atoms with van der Waals surface area (Å²) in [6, 6.07) is 8.18. The Morgan fingerprint density at radius 2 is 2.04 bits per heavy atom. The molecule has 2 aliphatic rings. The van der Waals surface area contributed by atoms with Crippen LogP contribution in [0.15, 0.2) is 28.8 Å². The first kappa shape index (κ1) is 15.6. The summed E-state index contributed by atoms with van der Waals surface area (Å²) in [7, 11) is 0. The minimum absolute atomic E-state index is 0.0206. The lowest BCUT2D eigenvalue weighted by molar-refractivity contribution is -0.121. The van der Waals surface area contributed by atoms with Gasteiger partial charge in [0.2, 0.25) is 11.8 Å². The molecule has 2 fully saturated rings. The molecule has 0 bridgehead atoms. The van der Waals surface area contributed by atoms with E-state index in [1.165, 1.54) is 12.8 Å². The van der Waals surface area contributed by atoms with Crippen LogP contribution in [0.4, 0.5) is 0 Å². The molecule has 1 aromatic carbocycles. The fourth-order valence-corrected chi connectivity index (χ4v) is 3.85. The number of nitrogens with one attached hydrogen (secondary N) is 1. The molecular weight excluding hydrogens is 326 g/mol. The zero-order chi connectivity index (χ0) is 16.5. The highest BCUT2D eigenvalue weighted by molar-refractivity contribution is 6.31. The Hall–Kier alpha value is -1.88. The van der Waals surface area contributed by atoms with Crippen LogP contribution in [0, 0.1) is 0 Å². The molecule has 0 spiro atoms. The number of halogens is 1. The van der Waals surface area contributed by atoms with Crippen LogP contribution in [0.5, 0.6) is 0 Å². The summed E-state index contributed by atoms with van der Waals surface area (Å²) in [6.45, 7) is 0. The molecule has 0 saturated heterocycles. The molecule has 6 heteroatoms. The van der Waals surface area contributed by atoms with E-state index in [2.05, 4.69) is 15.5 Å². The fraction of sp³-hybridized carbons (Fsp3) is 0.500. The number of nitrogens with zero attached hydrogens (tertiary/aromatic N) is 2. The van der Waals surface area contributed by atoms with Crippen LogP contribution < -0.4 is 5.32 Å². The summed E-state index contributed by atoms with van der Waals surface area (Å²) in [5.41, 5.74) is 1.13. The molecule has 1 N–H and O–H groups in total. The third kappa shape index (κ3) is 3.31. The second kappa shape index (κ2) is 6.55. The van der Waals surface area contributed by atoms with Gasteiger partial charge in [0, 0.05) is 17.0 Å². The Labute approximate surface area is 145 Å². The Bertz CT molecular complexity index is 739. The van der Waals surface area contributed by atoms with E-state index in [4.69, 9.17) is 16.1 Å². The number of hydrogen-bond donors (Lipinski definition) is 1. The molecule has 2 aromatic rings. The Morgan fingerprint density at radius 3 is 2.83 bits per heavy atom. The van der Waals surface area contributed by atoms with Gasteiger partial charge < -0.3 is 9.84 Å². The number of carbonyl (C=O) groups is 1. The van der Waals surface area contributed by atoms with E-state index in [1.54, 1.807) is 0 Å². The quantitative estimate of drug-likeness (QED) is 0.899. The summed E-state index contributed by atoms with van der Waals surface area (Å²) in [5.74, 6) is 1.60. The average Bonchev–Trinajstić information content (AvgIpc) is 2.94. The zero-order valence-corrected chi connectivity index (χ0v) is 14.1. The molecule has 2 saturated carbocycles. The normalized spacial score (nSPS) is 23.4. The van der Waals surface area contributed by atoms with E-state index in [0.29, 0.717) is 23.7 Å². The number of benzene rings is 1. The summed E-state index contributed by atoms with van der Waals surface area (Å²) in [4.78, 5) is 16.5. The molecule has 1 amide bonds. The van der Waals surface area contributed by atoms with E-state index in [9.17, 15) is 4.79 Å². The smallest absolute Gasteiger partial charge is 0.230 e. The fourth-order valence-electron chi connectivity index (χ4n) is 3.57. The van der Waals surface area contributed by atoms with Gasteiger partial charge in [0.15, 0.2) is 5.82 Å². The van der Waals surface area contributed by atoms with Gasteiger partial charge >= 0.3 is 0 Å². The standard InChI is InChI=1S/C18H20ClN3O2/c19-15-8-4-3-7-12(15)13-9-14(13)18-21-16(22-24-18)10-17(23)20-11-5-1-2-6-11/h3-4,7-8,11,13-14H,1-2,5-6,9-10H2,(H,20,23)/t13-,14+/m1/s1. The van der Waals surface area contributed by atoms with Gasteiger partial charge in [0.25, 0.3) is 0 Å². The van der Waals surface area contributed by atoms with Crippen molar-refractivity contribution in [2.45, 2.75) is 56.4 Å². The highest BCUT2D eigenvalue weighted by Gasteiger charge is 2.44. The number of carbonyl (C=O) groups excluding carboxylic acids is 1. The van der Waals surface area contributed by atoms with Crippen molar-refractivity contribution in [2.75, 3.05) is 0 Å². The summed E-state index contributed by atoms with van der Waals surface area (Å²) < 4.78 is 5.37. The van der Waals surface area contributed by atoms with Crippen molar-refractivity contribution in [1.29, 1.82) is 0 Å². The lowest BCUT2D eigenvalue weighted by Gasteiger charge is -2.10. The second-order valence-electron chi connectivity index (χ2n) is 6.74. The molecule has 4 rings (SSSR count). The molecule has 5 nitrogen and oxygen atoms in total. The predicted molar refractivity (Wildman–Crippen MR) is 90.0 cm³/mol. The second-order valence-corrected chi connectivity index (χ2v) is 7.15. The first-order valence-corrected chi connectivity index (χ1v) is 8.95. The maximum Gasteiger partial charge on any atom is 0.230 e. The highest BCUT2D eigenvalue weighted by atomic mass is 35.5. The number of hydrogen-bond acceptors (Lipinski definition) is 4. The van der Waals surface area contributed by atoms with Crippen molar-refractivity contribution in [3.63, 3.8) is 0 Å². The van der Waals surface area contributed by atoms with E-state index < -0.39 is 0 Å². The van der Waals surface area contributed by atoms with Crippen LogP contribution in [0.1, 0.15) is 61.2 Å². The molecule has 2 atom stereocenters. The van der Waals surface area contributed by atoms with Crippen molar-refractivity contribution in [1.82, 2.24) is 15.5 Å². The first-order valence-electron chi connectivity index (χ1n) is 8.57. The molecule has 0 radical (unpaired) electrons. The molecule has 2 aliphatic carbocycles. The maximum absolute atomic E-state index is 12.0. The Morgan fingerprint density at radius 1 is 1.25 bits per heavy atom. The van der Waals surface area contributed by atoms with Crippen LogP contribution in [0.2, 0.25) is 5.02 Å². The van der Waals surface area contributed by atoms with Crippen LogP contribution in [0.3, 0.4) is 0 Å². The molecule has 1 aromatic heterocycles. The lowest BCUT2D eigenvalue weighted by atomic mass is 10.1. The topological polar surface area (TPSA) is 68.0 Å². The average molecular weight is 346 g/mol. The van der Waals surface area contributed by atoms with E-state index in [0.717, 1.165) is 29.8 Å². The van der Waals surface area contributed by atoms with Crippen LogP contribution in [0.25, 0.3) is 0 Å². The van der Waals surface area contributed by atoms with Crippen LogP contribution >= 0.6 is 11.6 Å². The van der Waals surface area contributed by atoms with Crippen molar-refractivity contribution >= 4 is 17.5 Å². The van der Waals surface area contributed by atoms with Gasteiger partial charge in [0.05, 0.1) is 6.42 Å². The van der Waals surface area contributed by atoms with Crippen molar-refractivity contribution < 1.29 is 9.32 Å². The van der Waals surface area contributed by atoms with Gasteiger partial charge in [0.1, 0.15) is 0 Å². The zero-order valence-electron chi connectivity index (χ0n) is 13.4.